The molecule has 2 aromatic rings. The predicted octanol–water partition coefficient (Wildman–Crippen LogP) is 3.09. The van der Waals surface area contributed by atoms with E-state index >= 15 is 0 Å². The molecule has 0 radical (unpaired) electrons. The first kappa shape index (κ1) is 13.1. The number of rotatable bonds is 3. The Hall–Kier alpha value is -2.36. The molecule has 0 aliphatic carbocycles. The number of carbonyl (C=O) groups is 2. The molecule has 0 saturated heterocycles. The molecular weight excluding hydrogens is 240 g/mol. The molecule has 4 nitrogen and oxygen atoms in total. The van der Waals surface area contributed by atoms with Crippen molar-refractivity contribution >= 4 is 17.4 Å². The standard InChI is InChI=1S/C15H16N2O2/c1-9-4-5-12(8-10(9)2)16-15(19)14-7-6-13(17-14)11(3)18/h4-8,17H,1-3H3,(H,16,19). The molecule has 0 atom stereocenters. The summed E-state index contributed by atoms with van der Waals surface area (Å²) in [5.74, 6) is -0.346. The largest absolute Gasteiger partial charge is 0.348 e. The summed E-state index contributed by atoms with van der Waals surface area (Å²) in [5, 5.41) is 2.80. The zero-order valence-electron chi connectivity index (χ0n) is 11.2. The van der Waals surface area contributed by atoms with E-state index in [0.717, 1.165) is 11.3 Å². The van der Waals surface area contributed by atoms with E-state index in [1.165, 1.54) is 12.5 Å². The maximum atomic E-state index is 12.0. The number of hydrogen-bond donors (Lipinski definition) is 2. The third kappa shape index (κ3) is 2.91. The SMILES string of the molecule is CC(=O)c1ccc(C(=O)Nc2ccc(C)c(C)c2)[nH]1. The lowest BCUT2D eigenvalue weighted by atomic mass is 10.1. The number of ketones is 1. The number of aromatic nitrogens is 1. The van der Waals surface area contributed by atoms with Crippen LogP contribution in [0, 0.1) is 13.8 Å². The molecule has 0 spiro atoms. The summed E-state index contributed by atoms with van der Waals surface area (Å²) < 4.78 is 0. The highest BCUT2D eigenvalue weighted by molar-refractivity contribution is 6.04. The number of hydrogen-bond acceptors (Lipinski definition) is 2. The van der Waals surface area contributed by atoms with Crippen LogP contribution in [0.3, 0.4) is 0 Å². The second kappa shape index (κ2) is 5.10. The van der Waals surface area contributed by atoms with Crippen LogP contribution < -0.4 is 5.32 Å². The van der Waals surface area contributed by atoms with E-state index in [1.807, 2.05) is 32.0 Å². The topological polar surface area (TPSA) is 62.0 Å². The van der Waals surface area contributed by atoms with Crippen LogP contribution in [0.25, 0.3) is 0 Å². The minimum atomic E-state index is -0.254. The number of nitrogens with one attached hydrogen (secondary N) is 2. The number of carbonyl (C=O) groups excluding carboxylic acids is 2. The van der Waals surface area contributed by atoms with Gasteiger partial charge < -0.3 is 10.3 Å². The van der Waals surface area contributed by atoms with Gasteiger partial charge in [0.05, 0.1) is 5.69 Å². The van der Waals surface area contributed by atoms with Gasteiger partial charge in [0, 0.05) is 12.6 Å². The van der Waals surface area contributed by atoms with E-state index in [1.54, 1.807) is 12.1 Å². The number of aromatic amines is 1. The van der Waals surface area contributed by atoms with Crippen molar-refractivity contribution in [2.75, 3.05) is 5.32 Å². The van der Waals surface area contributed by atoms with Crippen LogP contribution in [0.15, 0.2) is 30.3 Å². The summed E-state index contributed by atoms with van der Waals surface area (Å²) in [5.41, 5.74) is 3.85. The molecular formula is C15H16N2O2. The molecule has 0 fully saturated rings. The number of benzene rings is 1. The predicted molar refractivity (Wildman–Crippen MR) is 74.7 cm³/mol. The highest BCUT2D eigenvalue weighted by atomic mass is 16.2. The van der Waals surface area contributed by atoms with Gasteiger partial charge in [-0.1, -0.05) is 6.07 Å². The van der Waals surface area contributed by atoms with E-state index in [-0.39, 0.29) is 11.7 Å². The second-order valence-corrected chi connectivity index (χ2v) is 4.60. The maximum Gasteiger partial charge on any atom is 0.272 e. The summed E-state index contributed by atoms with van der Waals surface area (Å²) in [4.78, 5) is 25.9. The highest BCUT2D eigenvalue weighted by Crippen LogP contribution is 2.15. The molecule has 0 saturated carbocycles. The monoisotopic (exact) mass is 256 g/mol. The fourth-order valence-electron chi connectivity index (χ4n) is 1.75. The van der Waals surface area contributed by atoms with Gasteiger partial charge in [0.2, 0.25) is 0 Å². The first-order chi connectivity index (χ1) is 8.97. The van der Waals surface area contributed by atoms with Gasteiger partial charge in [0.25, 0.3) is 5.91 Å². The van der Waals surface area contributed by atoms with E-state index in [9.17, 15) is 9.59 Å². The normalized spacial score (nSPS) is 10.3. The van der Waals surface area contributed by atoms with Crippen LogP contribution in [-0.2, 0) is 0 Å². The van der Waals surface area contributed by atoms with E-state index < -0.39 is 0 Å². The molecule has 2 N–H and O–H groups in total. The van der Waals surface area contributed by atoms with Gasteiger partial charge in [0.1, 0.15) is 5.69 Å². The number of H-pyrrole nitrogens is 1. The van der Waals surface area contributed by atoms with Crippen molar-refractivity contribution in [2.45, 2.75) is 20.8 Å². The lowest BCUT2D eigenvalue weighted by Gasteiger charge is -2.06. The molecule has 0 aliphatic rings. The van der Waals surface area contributed by atoms with Gasteiger partial charge >= 0.3 is 0 Å². The molecule has 0 aliphatic heterocycles. The Kier molecular flexibility index (Phi) is 3.51. The zero-order valence-corrected chi connectivity index (χ0v) is 11.2. The lowest BCUT2D eigenvalue weighted by Crippen LogP contribution is -2.12. The van der Waals surface area contributed by atoms with Crippen molar-refractivity contribution in [1.82, 2.24) is 4.98 Å². The molecule has 19 heavy (non-hydrogen) atoms. The van der Waals surface area contributed by atoms with Crippen molar-refractivity contribution in [2.24, 2.45) is 0 Å². The average molecular weight is 256 g/mol. The first-order valence-electron chi connectivity index (χ1n) is 6.06. The average Bonchev–Trinajstić information content (AvgIpc) is 2.83. The summed E-state index contributed by atoms with van der Waals surface area (Å²) >= 11 is 0. The van der Waals surface area contributed by atoms with Crippen LogP contribution in [0.4, 0.5) is 5.69 Å². The second-order valence-electron chi connectivity index (χ2n) is 4.60. The molecule has 1 amide bonds. The van der Waals surface area contributed by atoms with Crippen LogP contribution in [0.2, 0.25) is 0 Å². The van der Waals surface area contributed by atoms with Crippen LogP contribution in [0.5, 0.6) is 0 Å². The zero-order chi connectivity index (χ0) is 14.0. The summed E-state index contributed by atoms with van der Waals surface area (Å²) in [6.45, 7) is 5.47. The maximum absolute atomic E-state index is 12.0. The molecule has 1 aromatic carbocycles. The summed E-state index contributed by atoms with van der Waals surface area (Å²) in [6, 6.07) is 8.95. The van der Waals surface area contributed by atoms with Crippen molar-refractivity contribution in [3.63, 3.8) is 0 Å². The molecule has 2 rings (SSSR count). The summed E-state index contributed by atoms with van der Waals surface area (Å²) in [6.07, 6.45) is 0. The number of aryl methyl sites for hydroxylation is 2. The van der Waals surface area contributed by atoms with E-state index in [2.05, 4.69) is 10.3 Å². The summed E-state index contributed by atoms with van der Waals surface area (Å²) in [7, 11) is 0. The lowest BCUT2D eigenvalue weighted by molar-refractivity contribution is 0.101. The van der Waals surface area contributed by atoms with Crippen LogP contribution >= 0.6 is 0 Å². The minimum Gasteiger partial charge on any atom is -0.348 e. The van der Waals surface area contributed by atoms with Crippen LogP contribution in [0.1, 0.15) is 39.0 Å². The minimum absolute atomic E-state index is 0.0924. The Balaban J connectivity index is 2.15. The molecule has 0 bridgehead atoms. The smallest absolute Gasteiger partial charge is 0.272 e. The van der Waals surface area contributed by atoms with Gasteiger partial charge in [-0.2, -0.15) is 0 Å². The molecule has 1 heterocycles. The van der Waals surface area contributed by atoms with E-state index in [4.69, 9.17) is 0 Å². The Morgan fingerprint density at radius 1 is 1.00 bits per heavy atom. The Morgan fingerprint density at radius 3 is 2.26 bits per heavy atom. The first-order valence-corrected chi connectivity index (χ1v) is 6.06. The Labute approximate surface area is 111 Å². The molecule has 0 unspecified atom stereocenters. The Bertz CT molecular complexity index is 641. The van der Waals surface area contributed by atoms with Gasteiger partial charge in [-0.15, -0.1) is 0 Å². The van der Waals surface area contributed by atoms with Crippen molar-refractivity contribution in [1.29, 1.82) is 0 Å². The molecule has 4 heteroatoms. The quantitative estimate of drug-likeness (QED) is 0.829. The number of amides is 1. The van der Waals surface area contributed by atoms with Gasteiger partial charge in [0.15, 0.2) is 5.78 Å². The van der Waals surface area contributed by atoms with Crippen molar-refractivity contribution in [3.05, 3.63) is 52.8 Å². The Morgan fingerprint density at radius 2 is 1.68 bits per heavy atom. The van der Waals surface area contributed by atoms with Gasteiger partial charge in [-0.3, -0.25) is 9.59 Å². The van der Waals surface area contributed by atoms with E-state index in [0.29, 0.717) is 11.4 Å². The third-order valence-electron chi connectivity index (χ3n) is 3.07. The molecule has 98 valence electrons. The third-order valence-corrected chi connectivity index (χ3v) is 3.07. The highest BCUT2D eigenvalue weighted by Gasteiger charge is 2.10. The van der Waals surface area contributed by atoms with Crippen molar-refractivity contribution in [3.8, 4) is 0 Å². The van der Waals surface area contributed by atoms with Crippen LogP contribution in [-0.4, -0.2) is 16.7 Å². The van der Waals surface area contributed by atoms with Gasteiger partial charge in [-0.05, 0) is 49.2 Å². The molecule has 1 aromatic heterocycles. The fourth-order valence-corrected chi connectivity index (χ4v) is 1.75. The number of Topliss-reactive ketones (excluding diaryl/α,β-unsaturated/α-hetero) is 1. The number of anilines is 1. The van der Waals surface area contributed by atoms with Crippen molar-refractivity contribution < 1.29 is 9.59 Å². The fraction of sp³-hybridized carbons (Fsp3) is 0.200. The van der Waals surface area contributed by atoms with Gasteiger partial charge in [-0.25, -0.2) is 0 Å².